The van der Waals surface area contributed by atoms with Gasteiger partial charge in [-0.2, -0.15) is 4.98 Å². The third-order valence-corrected chi connectivity index (χ3v) is 3.16. The van der Waals surface area contributed by atoms with Crippen molar-refractivity contribution in [2.24, 2.45) is 5.73 Å². The van der Waals surface area contributed by atoms with E-state index in [9.17, 15) is 0 Å². The molecular weight excluding hydrogens is 268 g/mol. The van der Waals surface area contributed by atoms with Crippen molar-refractivity contribution < 1.29 is 9.26 Å². The molecule has 2 aromatic heterocycles. The largest absolute Gasteiger partial charge is 0.482 e. The average Bonchev–Trinajstić information content (AvgIpc) is 2.84. The summed E-state index contributed by atoms with van der Waals surface area (Å²) >= 11 is 0. The molecule has 6 nitrogen and oxygen atoms in total. The van der Waals surface area contributed by atoms with Gasteiger partial charge < -0.3 is 15.0 Å². The van der Waals surface area contributed by atoms with Crippen molar-refractivity contribution >= 4 is 12.4 Å². The summed E-state index contributed by atoms with van der Waals surface area (Å²) in [6.45, 7) is 0.231. The van der Waals surface area contributed by atoms with Crippen LogP contribution < -0.4 is 10.5 Å². The first-order valence-electron chi connectivity index (χ1n) is 5.91. The van der Waals surface area contributed by atoms with Crippen LogP contribution in [0.25, 0.3) is 0 Å². The van der Waals surface area contributed by atoms with E-state index < -0.39 is 5.54 Å². The molecule has 0 aromatic carbocycles. The van der Waals surface area contributed by atoms with Gasteiger partial charge in [-0.25, -0.2) is 0 Å². The predicted molar refractivity (Wildman–Crippen MR) is 69.8 cm³/mol. The van der Waals surface area contributed by atoms with Gasteiger partial charge in [0.1, 0.15) is 5.75 Å². The van der Waals surface area contributed by atoms with Crippen LogP contribution in [0.4, 0.5) is 0 Å². The summed E-state index contributed by atoms with van der Waals surface area (Å²) in [7, 11) is 0. The van der Waals surface area contributed by atoms with Crippen molar-refractivity contribution in [1.29, 1.82) is 0 Å². The first-order valence-corrected chi connectivity index (χ1v) is 5.91. The van der Waals surface area contributed by atoms with E-state index in [0.29, 0.717) is 17.5 Å². The zero-order chi connectivity index (χ0) is 12.4. The minimum atomic E-state index is -0.393. The summed E-state index contributed by atoms with van der Waals surface area (Å²) in [5.74, 6) is 1.69. The maximum absolute atomic E-state index is 6.11. The summed E-state index contributed by atoms with van der Waals surface area (Å²) in [5, 5.41) is 3.92. The van der Waals surface area contributed by atoms with Crippen molar-refractivity contribution in [3.63, 3.8) is 0 Å². The molecule has 0 aliphatic heterocycles. The maximum atomic E-state index is 6.11. The van der Waals surface area contributed by atoms with Crippen LogP contribution in [0.1, 0.15) is 31.0 Å². The summed E-state index contributed by atoms with van der Waals surface area (Å²) in [6, 6.07) is 3.62. The molecule has 2 N–H and O–H groups in total. The van der Waals surface area contributed by atoms with Crippen LogP contribution >= 0.6 is 12.4 Å². The molecule has 2 aromatic rings. The van der Waals surface area contributed by atoms with Gasteiger partial charge in [0.15, 0.2) is 12.4 Å². The topological polar surface area (TPSA) is 87.1 Å². The summed E-state index contributed by atoms with van der Waals surface area (Å²) in [4.78, 5) is 8.22. The zero-order valence-electron chi connectivity index (χ0n) is 10.3. The third kappa shape index (κ3) is 2.85. The smallest absolute Gasteiger partial charge is 0.264 e. The molecule has 0 atom stereocenters. The van der Waals surface area contributed by atoms with E-state index in [-0.39, 0.29) is 19.0 Å². The molecule has 1 saturated carbocycles. The molecule has 0 bridgehead atoms. The third-order valence-electron chi connectivity index (χ3n) is 3.16. The van der Waals surface area contributed by atoms with E-state index in [1.54, 1.807) is 18.5 Å². The van der Waals surface area contributed by atoms with E-state index >= 15 is 0 Å². The van der Waals surface area contributed by atoms with E-state index in [4.69, 9.17) is 15.0 Å². The fourth-order valence-corrected chi connectivity index (χ4v) is 1.87. The summed E-state index contributed by atoms with van der Waals surface area (Å²) in [5.41, 5.74) is 5.72. The second-order valence-corrected chi connectivity index (χ2v) is 4.50. The lowest BCUT2D eigenvalue weighted by molar-refractivity contribution is 0.222. The SMILES string of the molecule is Cl.NC1(c2noc(COc3cccnc3)n2)CCC1. The second kappa shape index (κ2) is 5.54. The normalized spacial score (nSPS) is 16.3. The average molecular weight is 283 g/mol. The van der Waals surface area contributed by atoms with E-state index in [2.05, 4.69) is 15.1 Å². The number of nitrogens with two attached hydrogens (primary N) is 1. The van der Waals surface area contributed by atoms with Crippen molar-refractivity contribution in [2.45, 2.75) is 31.4 Å². The Balaban J connectivity index is 0.00000133. The van der Waals surface area contributed by atoms with Gasteiger partial charge in [-0.1, -0.05) is 5.16 Å². The van der Waals surface area contributed by atoms with Crippen LogP contribution in [0.2, 0.25) is 0 Å². The quantitative estimate of drug-likeness (QED) is 0.920. The fourth-order valence-electron chi connectivity index (χ4n) is 1.87. The van der Waals surface area contributed by atoms with Gasteiger partial charge in [-0.15, -0.1) is 12.4 Å². The number of hydrogen-bond acceptors (Lipinski definition) is 6. The molecule has 0 saturated heterocycles. The molecular formula is C12H15ClN4O2. The summed E-state index contributed by atoms with van der Waals surface area (Å²) < 4.78 is 10.6. The molecule has 0 radical (unpaired) electrons. The van der Waals surface area contributed by atoms with Crippen LogP contribution in [0.3, 0.4) is 0 Å². The lowest BCUT2D eigenvalue weighted by atomic mass is 9.77. The monoisotopic (exact) mass is 282 g/mol. The number of halogens is 1. The van der Waals surface area contributed by atoms with Gasteiger partial charge in [-0.05, 0) is 31.4 Å². The molecule has 1 fully saturated rings. The van der Waals surface area contributed by atoms with Crippen LogP contribution in [0, 0.1) is 0 Å². The number of ether oxygens (including phenoxy) is 1. The Morgan fingerprint density at radius 1 is 1.42 bits per heavy atom. The number of aromatic nitrogens is 3. The van der Waals surface area contributed by atoms with Gasteiger partial charge in [0, 0.05) is 6.20 Å². The molecule has 2 heterocycles. The summed E-state index contributed by atoms with van der Waals surface area (Å²) in [6.07, 6.45) is 6.26. The van der Waals surface area contributed by atoms with Gasteiger partial charge in [-0.3, -0.25) is 4.98 Å². The van der Waals surface area contributed by atoms with Crippen molar-refractivity contribution in [2.75, 3.05) is 0 Å². The molecule has 0 amide bonds. The standard InChI is InChI=1S/C12H14N4O2.ClH/c13-12(4-2-5-12)11-15-10(18-16-11)8-17-9-3-1-6-14-7-9;/h1,3,6-7H,2,4-5,8,13H2;1H. The van der Waals surface area contributed by atoms with Gasteiger partial charge in [0.2, 0.25) is 0 Å². The maximum Gasteiger partial charge on any atom is 0.264 e. The van der Waals surface area contributed by atoms with Crippen molar-refractivity contribution in [1.82, 2.24) is 15.1 Å². The first kappa shape index (κ1) is 13.8. The molecule has 3 rings (SSSR count). The minimum Gasteiger partial charge on any atom is -0.482 e. The lowest BCUT2D eigenvalue weighted by Crippen LogP contribution is -2.44. The molecule has 1 aliphatic carbocycles. The molecule has 7 heteroatoms. The van der Waals surface area contributed by atoms with E-state index in [0.717, 1.165) is 19.3 Å². The van der Waals surface area contributed by atoms with E-state index in [1.165, 1.54) is 0 Å². The highest BCUT2D eigenvalue weighted by Crippen LogP contribution is 2.36. The highest BCUT2D eigenvalue weighted by molar-refractivity contribution is 5.85. The van der Waals surface area contributed by atoms with Crippen LogP contribution in [0.15, 0.2) is 29.0 Å². The number of nitrogens with zero attached hydrogens (tertiary/aromatic N) is 3. The van der Waals surface area contributed by atoms with Crippen molar-refractivity contribution in [3.05, 3.63) is 36.2 Å². The highest BCUT2D eigenvalue weighted by Gasteiger charge is 2.38. The fraction of sp³-hybridized carbons (Fsp3) is 0.417. The Labute approximate surface area is 116 Å². The minimum absolute atomic E-state index is 0. The molecule has 0 spiro atoms. The highest BCUT2D eigenvalue weighted by atomic mass is 35.5. The Bertz CT molecular complexity index is 528. The first-order chi connectivity index (χ1) is 8.76. The van der Waals surface area contributed by atoms with Crippen LogP contribution in [-0.4, -0.2) is 15.1 Å². The van der Waals surface area contributed by atoms with Gasteiger partial charge in [0.05, 0.1) is 11.7 Å². The van der Waals surface area contributed by atoms with Crippen molar-refractivity contribution in [3.8, 4) is 5.75 Å². The molecule has 102 valence electrons. The Morgan fingerprint density at radius 2 is 2.26 bits per heavy atom. The molecule has 1 aliphatic rings. The molecule has 19 heavy (non-hydrogen) atoms. The Morgan fingerprint density at radius 3 is 2.89 bits per heavy atom. The number of hydrogen-bond donors (Lipinski definition) is 1. The Kier molecular flexibility index (Phi) is 4.01. The Hall–Kier alpha value is -1.66. The predicted octanol–water partition coefficient (Wildman–Crippen LogP) is 1.80. The second-order valence-electron chi connectivity index (χ2n) is 4.50. The lowest BCUT2D eigenvalue weighted by Gasteiger charge is -2.34. The number of rotatable bonds is 4. The van der Waals surface area contributed by atoms with Crippen LogP contribution in [0.5, 0.6) is 5.75 Å². The zero-order valence-corrected chi connectivity index (χ0v) is 11.1. The number of pyridine rings is 1. The molecule has 0 unspecified atom stereocenters. The van der Waals surface area contributed by atoms with Crippen LogP contribution in [-0.2, 0) is 12.1 Å². The van der Waals surface area contributed by atoms with Gasteiger partial charge >= 0.3 is 0 Å². The van der Waals surface area contributed by atoms with Gasteiger partial charge in [0.25, 0.3) is 5.89 Å². The van der Waals surface area contributed by atoms with E-state index in [1.807, 2.05) is 6.07 Å².